The maximum atomic E-state index is 2.53. The highest BCUT2D eigenvalue weighted by molar-refractivity contribution is 5.87. The Labute approximate surface area is 697 Å². The summed E-state index contributed by atoms with van der Waals surface area (Å²) >= 11 is 0. The van der Waals surface area contributed by atoms with E-state index >= 15 is 0 Å². The molecule has 8 aromatic carbocycles. The molecule has 4 heteroatoms. The largest absolute Gasteiger partial charge is 0.216 e. The van der Waals surface area contributed by atoms with Crippen LogP contribution in [0.4, 0.5) is 0 Å². The number of aryl methyl sites for hydroxylation is 15. The summed E-state index contributed by atoms with van der Waals surface area (Å²) in [5, 5.41) is 5.83. The van der Waals surface area contributed by atoms with E-state index in [0.717, 1.165) is 0 Å². The van der Waals surface area contributed by atoms with Crippen LogP contribution in [0.2, 0.25) is 0 Å². The van der Waals surface area contributed by atoms with E-state index < -0.39 is 0 Å². The molecular formula is C112H136N4+4. The van der Waals surface area contributed by atoms with E-state index in [1.54, 1.807) is 44.5 Å². The summed E-state index contributed by atoms with van der Waals surface area (Å²) in [5.41, 5.74) is 48.4. The fourth-order valence-electron chi connectivity index (χ4n) is 24.9. The molecule has 0 radical (unpaired) electrons. The molecule has 0 amide bonds. The average Bonchev–Trinajstić information content (AvgIpc) is 1.00. The molecule has 4 nitrogen and oxygen atoms in total. The number of benzene rings is 8. The summed E-state index contributed by atoms with van der Waals surface area (Å²) in [6.07, 6.45) is 44.5. The van der Waals surface area contributed by atoms with Gasteiger partial charge in [0.2, 0.25) is 44.8 Å². The number of fused-ring (bicyclic) bond motifs is 11. The highest BCUT2D eigenvalue weighted by Crippen LogP contribution is 2.53. The van der Waals surface area contributed by atoms with E-state index in [2.05, 4.69) is 275 Å². The van der Waals surface area contributed by atoms with E-state index in [4.69, 9.17) is 0 Å². The second-order valence-electron chi connectivity index (χ2n) is 39.6. The molecule has 12 aromatic rings. The van der Waals surface area contributed by atoms with Crippen LogP contribution in [-0.4, -0.2) is 0 Å². The monoisotopic (exact) mass is 1540 g/mol. The number of pyridine rings is 4. The van der Waals surface area contributed by atoms with Gasteiger partial charge in [0.05, 0.1) is 0 Å². The molecule has 4 aromatic heterocycles. The van der Waals surface area contributed by atoms with E-state index in [1.807, 2.05) is 0 Å². The third kappa shape index (κ3) is 15.1. The lowest BCUT2D eigenvalue weighted by atomic mass is 9.63. The first kappa shape index (κ1) is 79.8. The number of nitrogens with zero attached hydrogens (tertiary/aromatic N) is 4. The van der Waals surface area contributed by atoms with Crippen molar-refractivity contribution in [3.05, 3.63) is 257 Å². The third-order valence-electron chi connectivity index (χ3n) is 32.1. The van der Waals surface area contributed by atoms with Crippen molar-refractivity contribution in [3.8, 4) is 45.0 Å². The van der Waals surface area contributed by atoms with Crippen LogP contribution in [0.25, 0.3) is 88.6 Å². The van der Waals surface area contributed by atoms with Crippen LogP contribution < -0.4 is 18.3 Å². The maximum Gasteiger partial charge on any atom is 0.216 e. The summed E-state index contributed by atoms with van der Waals surface area (Å²) in [6.45, 7) is 26.9. The molecule has 20 rings (SSSR count). The van der Waals surface area contributed by atoms with Gasteiger partial charge < -0.3 is 0 Å². The van der Waals surface area contributed by atoms with Crippen LogP contribution in [-0.2, 0) is 79.6 Å². The second kappa shape index (κ2) is 32.3. The van der Waals surface area contributed by atoms with E-state index in [1.165, 1.54) is 361 Å². The highest BCUT2D eigenvalue weighted by Gasteiger charge is 2.43. The fraction of sp³-hybridized carbons (Fsp3) is 0.464. The molecule has 0 saturated heterocycles. The summed E-state index contributed by atoms with van der Waals surface area (Å²) in [4.78, 5) is 0. The Morgan fingerprint density at radius 1 is 0.241 bits per heavy atom. The molecule has 116 heavy (non-hydrogen) atoms. The molecule has 0 aliphatic heterocycles. The highest BCUT2D eigenvalue weighted by atomic mass is 15.0. The Morgan fingerprint density at radius 2 is 0.603 bits per heavy atom. The fourth-order valence-corrected chi connectivity index (χ4v) is 24.9. The first-order chi connectivity index (χ1) is 55.9. The normalized spacial score (nSPS) is 18.2. The molecule has 0 atom stereocenters. The molecule has 8 aliphatic carbocycles. The van der Waals surface area contributed by atoms with Gasteiger partial charge in [-0.25, -0.2) is 0 Å². The quantitative estimate of drug-likeness (QED) is 0.156. The zero-order valence-electron chi connectivity index (χ0n) is 74.3. The lowest BCUT2D eigenvalue weighted by molar-refractivity contribution is -0.634. The van der Waals surface area contributed by atoms with Crippen molar-refractivity contribution in [3.63, 3.8) is 0 Å². The van der Waals surface area contributed by atoms with Gasteiger partial charge in [0.15, 0.2) is 0 Å². The van der Waals surface area contributed by atoms with Crippen LogP contribution in [0.3, 0.4) is 0 Å². The molecule has 0 bridgehead atoms. The van der Waals surface area contributed by atoms with Gasteiger partial charge in [0, 0.05) is 91.8 Å². The summed E-state index contributed by atoms with van der Waals surface area (Å²) in [7, 11) is 9.02. The van der Waals surface area contributed by atoms with E-state index in [9.17, 15) is 0 Å². The van der Waals surface area contributed by atoms with E-state index in [-0.39, 0.29) is 0 Å². The lowest BCUT2D eigenvalue weighted by Gasteiger charge is -2.41. The molecule has 4 fully saturated rings. The number of para-hydroxylation sites is 1. The van der Waals surface area contributed by atoms with Crippen molar-refractivity contribution < 1.29 is 18.3 Å². The molecular weight excluding hydrogens is 1400 g/mol. The van der Waals surface area contributed by atoms with Crippen molar-refractivity contribution in [2.45, 2.75) is 289 Å². The van der Waals surface area contributed by atoms with Crippen molar-refractivity contribution >= 4 is 43.6 Å². The topological polar surface area (TPSA) is 15.5 Å². The van der Waals surface area contributed by atoms with Gasteiger partial charge >= 0.3 is 0 Å². The lowest BCUT2D eigenvalue weighted by Crippen LogP contribution is -2.38. The zero-order chi connectivity index (χ0) is 80.7. The van der Waals surface area contributed by atoms with Crippen molar-refractivity contribution in [2.24, 2.45) is 49.9 Å². The minimum Gasteiger partial charge on any atom is -0.194 e. The van der Waals surface area contributed by atoms with Crippen LogP contribution in [0, 0.1) is 105 Å². The number of hydrogen-bond donors (Lipinski definition) is 0. The molecule has 8 aliphatic rings. The smallest absolute Gasteiger partial charge is 0.194 e. The Bertz CT molecular complexity index is 5750. The van der Waals surface area contributed by atoms with Gasteiger partial charge in [-0.1, -0.05) is 148 Å². The van der Waals surface area contributed by atoms with Gasteiger partial charge in [-0.3, -0.25) is 0 Å². The Hall–Kier alpha value is -8.60. The number of hydrogen-bond acceptors (Lipinski definition) is 0. The Balaban J connectivity index is 0.000000111. The Kier molecular flexibility index (Phi) is 22.2. The predicted molar refractivity (Wildman–Crippen MR) is 489 cm³/mol. The molecule has 4 saturated carbocycles. The first-order valence-electron chi connectivity index (χ1n) is 46.0. The van der Waals surface area contributed by atoms with Crippen LogP contribution in [0.15, 0.2) is 146 Å². The maximum absolute atomic E-state index is 2.53. The minimum atomic E-state index is 0.558. The first-order valence-corrected chi connectivity index (χ1v) is 46.0. The van der Waals surface area contributed by atoms with Crippen molar-refractivity contribution in [1.29, 1.82) is 0 Å². The van der Waals surface area contributed by atoms with Gasteiger partial charge in [-0.05, 0) is 371 Å². The third-order valence-corrected chi connectivity index (χ3v) is 32.1. The minimum absolute atomic E-state index is 0.558. The van der Waals surface area contributed by atoms with Crippen LogP contribution in [0.5, 0.6) is 0 Å². The van der Waals surface area contributed by atoms with Crippen LogP contribution >= 0.6 is 0 Å². The second-order valence-corrected chi connectivity index (χ2v) is 39.6. The van der Waals surface area contributed by atoms with Crippen molar-refractivity contribution in [1.82, 2.24) is 0 Å². The zero-order valence-corrected chi connectivity index (χ0v) is 74.3. The van der Waals surface area contributed by atoms with E-state index in [0.29, 0.717) is 21.7 Å². The Morgan fingerprint density at radius 3 is 1.09 bits per heavy atom. The molecule has 0 unspecified atom stereocenters. The molecule has 4 spiro atoms. The van der Waals surface area contributed by atoms with Gasteiger partial charge in [0.25, 0.3) is 0 Å². The SMILES string of the molecule is Cc1cc(C)c(C)c(-c2c3c(c4ccccc4[n+]2C)CC2(CCCCC2)CC3)c1.Cc1cc(C)c(C)c(-c2ccc3c4c(ccc3[n+]2C)CC2(CCCCC2)CC4)c1.Cc1cc(C)c(C)c(-c2ccc3c4c(ccc3[n+]2C)CCC2(CCCCC2)C4)c1.Cc1cc(C)c(C)c(-c2ccc3cc4c(cc3[n+]2C)CC2(CCCCC2)CC4)c1. The average molecular weight is 1540 g/mol. The molecule has 600 valence electrons. The summed E-state index contributed by atoms with van der Waals surface area (Å²) in [5.74, 6) is 0. The number of rotatable bonds is 4. The van der Waals surface area contributed by atoms with Gasteiger partial charge in [0.1, 0.15) is 28.2 Å². The summed E-state index contributed by atoms with van der Waals surface area (Å²) in [6, 6.07) is 56.6. The molecule has 0 N–H and O–H groups in total. The van der Waals surface area contributed by atoms with Crippen molar-refractivity contribution in [2.75, 3.05) is 0 Å². The van der Waals surface area contributed by atoms with Gasteiger partial charge in [-0.15, -0.1) is 0 Å². The summed E-state index contributed by atoms with van der Waals surface area (Å²) < 4.78 is 9.76. The van der Waals surface area contributed by atoms with Gasteiger partial charge in [-0.2, -0.15) is 18.3 Å². The molecule has 4 heterocycles. The predicted octanol–water partition coefficient (Wildman–Crippen LogP) is 26.8. The van der Waals surface area contributed by atoms with Crippen LogP contribution in [0.1, 0.15) is 265 Å². The number of aromatic nitrogens is 4. The standard InChI is InChI=1S/4C28H34N/c1-19-16-20(2)21(3)24(17-19)27-23-12-15-28(13-8-5-9-14-28)18-25(23)22-10-6-7-11-26(22)29(27)4;1-19-16-20(2)21(3)25(17-19)27-11-9-24-23-12-15-28(13-6-5-7-14-28)18-22(23)8-10-26(24)29(27)4;1-19-16-20(2)21(3)24(17-19)27-11-9-23-25-18-28(13-6-5-7-14-28)15-12-22(25)8-10-26(23)29(27)4;1-19-14-20(2)21(3)25(15-19)26-9-8-23-16-22-10-13-28(11-6-5-7-12-28)18-24(22)17-27(23)29(26)4/h6-7,10-11,16-17H,5,8-9,12-15,18H2,1-4H3;2*8-11,16-17H,5-7,12-15,18H2,1-4H3;8-9,14-17H,5-7,10-13,18H2,1-4H3/q4*+1.